The maximum atomic E-state index is 5.62. The van der Waals surface area contributed by atoms with Gasteiger partial charge in [0.05, 0.1) is 12.7 Å². The topological polar surface area (TPSA) is 18.5 Å². The number of halogens is 1. The maximum Gasteiger partial charge on any atom is 0.120 e. The first-order chi connectivity index (χ1) is 7.59. The summed E-state index contributed by atoms with van der Waals surface area (Å²) >= 11 is 3.40. The van der Waals surface area contributed by atoms with Crippen LogP contribution in [0.2, 0.25) is 0 Å². The van der Waals surface area contributed by atoms with Crippen LogP contribution < -0.4 is 4.74 Å². The Labute approximate surface area is 106 Å². The molecule has 0 radical (unpaired) electrons. The van der Waals surface area contributed by atoms with E-state index in [1.165, 1.54) is 0 Å². The summed E-state index contributed by atoms with van der Waals surface area (Å²) in [5.41, 5.74) is 0. The van der Waals surface area contributed by atoms with Gasteiger partial charge in [-0.2, -0.15) is 0 Å². The Balaban J connectivity index is 2.21. The van der Waals surface area contributed by atoms with Gasteiger partial charge in [0.1, 0.15) is 12.4 Å². The molecule has 1 aromatic rings. The molecule has 1 rings (SSSR count). The van der Waals surface area contributed by atoms with Crippen LogP contribution >= 0.6 is 15.9 Å². The quantitative estimate of drug-likeness (QED) is 0.739. The van der Waals surface area contributed by atoms with Gasteiger partial charge in [0, 0.05) is 4.47 Å². The Morgan fingerprint density at radius 2 is 1.94 bits per heavy atom. The average Bonchev–Trinajstić information content (AvgIpc) is 2.24. The zero-order valence-corrected chi connectivity index (χ0v) is 11.7. The third kappa shape index (κ3) is 4.99. The van der Waals surface area contributed by atoms with E-state index in [4.69, 9.17) is 9.47 Å². The van der Waals surface area contributed by atoms with Gasteiger partial charge < -0.3 is 9.47 Å². The lowest BCUT2D eigenvalue weighted by molar-refractivity contribution is 0.0188. The summed E-state index contributed by atoms with van der Waals surface area (Å²) in [6.07, 6.45) is 0.283. The summed E-state index contributed by atoms with van der Waals surface area (Å²) < 4.78 is 12.2. The van der Waals surface area contributed by atoms with Crippen LogP contribution in [0.4, 0.5) is 0 Å². The second-order valence-electron chi connectivity index (χ2n) is 4.13. The molecule has 1 unspecified atom stereocenters. The number of hydrogen-bond acceptors (Lipinski definition) is 2. The molecule has 1 atom stereocenters. The van der Waals surface area contributed by atoms with Crippen LogP contribution in [0.15, 0.2) is 28.7 Å². The highest BCUT2D eigenvalue weighted by atomic mass is 79.9. The molecule has 0 N–H and O–H groups in total. The predicted octanol–water partition coefficient (Wildman–Crippen LogP) is 3.89. The van der Waals surface area contributed by atoms with E-state index in [0.29, 0.717) is 19.1 Å². The molecule has 0 fully saturated rings. The Bertz CT molecular complexity index is 313. The van der Waals surface area contributed by atoms with E-state index in [1.807, 2.05) is 24.3 Å². The lowest BCUT2D eigenvalue weighted by Crippen LogP contribution is -2.19. The largest absolute Gasteiger partial charge is 0.491 e. The Hall–Kier alpha value is -0.540. The van der Waals surface area contributed by atoms with Crippen LogP contribution in [-0.2, 0) is 4.74 Å². The Kier molecular flexibility index (Phi) is 5.85. The molecule has 0 saturated heterocycles. The average molecular weight is 287 g/mol. The second-order valence-corrected chi connectivity index (χ2v) is 5.04. The standard InChI is InChI=1S/C13H19BrO2/c1-10(2)11(3)15-7-8-16-13-6-4-5-12(14)9-13/h4-6,9-11H,7-8H2,1-3H3. The van der Waals surface area contributed by atoms with Gasteiger partial charge >= 0.3 is 0 Å². The number of rotatable bonds is 6. The van der Waals surface area contributed by atoms with Crippen molar-refractivity contribution < 1.29 is 9.47 Å². The minimum absolute atomic E-state index is 0.283. The molecule has 0 amide bonds. The Morgan fingerprint density at radius 1 is 1.19 bits per heavy atom. The smallest absolute Gasteiger partial charge is 0.120 e. The van der Waals surface area contributed by atoms with Gasteiger partial charge in [-0.3, -0.25) is 0 Å². The SMILES string of the molecule is CC(C)C(C)OCCOc1cccc(Br)c1. The zero-order valence-electron chi connectivity index (χ0n) is 10.1. The summed E-state index contributed by atoms with van der Waals surface area (Å²) in [6.45, 7) is 7.61. The van der Waals surface area contributed by atoms with Crippen molar-refractivity contribution in [3.63, 3.8) is 0 Å². The molecule has 3 heteroatoms. The van der Waals surface area contributed by atoms with Gasteiger partial charge in [-0.15, -0.1) is 0 Å². The lowest BCUT2D eigenvalue weighted by atomic mass is 10.1. The monoisotopic (exact) mass is 286 g/mol. The van der Waals surface area contributed by atoms with Crippen LogP contribution in [0.25, 0.3) is 0 Å². The van der Waals surface area contributed by atoms with E-state index in [-0.39, 0.29) is 6.10 Å². The molecule has 0 heterocycles. The molecular formula is C13H19BrO2. The molecule has 0 saturated carbocycles. The molecule has 0 aliphatic heterocycles. The van der Waals surface area contributed by atoms with E-state index < -0.39 is 0 Å². The van der Waals surface area contributed by atoms with E-state index in [0.717, 1.165) is 10.2 Å². The summed E-state index contributed by atoms with van der Waals surface area (Å²) in [5.74, 6) is 1.42. The molecule has 2 nitrogen and oxygen atoms in total. The summed E-state index contributed by atoms with van der Waals surface area (Å²) in [5, 5.41) is 0. The van der Waals surface area contributed by atoms with E-state index in [9.17, 15) is 0 Å². The van der Waals surface area contributed by atoms with Crippen molar-refractivity contribution in [3.05, 3.63) is 28.7 Å². The summed E-state index contributed by atoms with van der Waals surface area (Å²) in [7, 11) is 0. The van der Waals surface area contributed by atoms with Gasteiger partial charge in [0.25, 0.3) is 0 Å². The van der Waals surface area contributed by atoms with Crippen molar-refractivity contribution in [1.29, 1.82) is 0 Å². The number of ether oxygens (including phenoxy) is 2. The molecule has 1 aromatic carbocycles. The van der Waals surface area contributed by atoms with E-state index in [1.54, 1.807) is 0 Å². The predicted molar refractivity (Wildman–Crippen MR) is 69.9 cm³/mol. The van der Waals surface area contributed by atoms with Crippen molar-refractivity contribution in [1.82, 2.24) is 0 Å². The normalized spacial score (nSPS) is 12.8. The fourth-order valence-electron chi connectivity index (χ4n) is 1.14. The molecule has 0 aliphatic rings. The van der Waals surface area contributed by atoms with Crippen LogP contribution in [0.5, 0.6) is 5.75 Å². The molecule has 0 spiro atoms. The van der Waals surface area contributed by atoms with E-state index >= 15 is 0 Å². The van der Waals surface area contributed by atoms with Crippen LogP contribution in [0.1, 0.15) is 20.8 Å². The second kappa shape index (κ2) is 6.92. The molecule has 0 aromatic heterocycles. The molecule has 16 heavy (non-hydrogen) atoms. The molecule has 90 valence electrons. The fraction of sp³-hybridized carbons (Fsp3) is 0.538. The van der Waals surface area contributed by atoms with Gasteiger partial charge in [0.15, 0.2) is 0 Å². The van der Waals surface area contributed by atoms with Crippen LogP contribution in [0, 0.1) is 5.92 Å². The fourth-order valence-corrected chi connectivity index (χ4v) is 1.52. The third-order valence-corrected chi connectivity index (χ3v) is 2.96. The zero-order chi connectivity index (χ0) is 12.0. The van der Waals surface area contributed by atoms with Crippen molar-refractivity contribution in [2.45, 2.75) is 26.9 Å². The van der Waals surface area contributed by atoms with Crippen molar-refractivity contribution in [2.75, 3.05) is 13.2 Å². The number of benzene rings is 1. The van der Waals surface area contributed by atoms with Gasteiger partial charge in [-0.05, 0) is 31.0 Å². The molecule has 0 aliphatic carbocycles. The van der Waals surface area contributed by atoms with Gasteiger partial charge in [0.2, 0.25) is 0 Å². The number of hydrogen-bond donors (Lipinski definition) is 0. The van der Waals surface area contributed by atoms with Crippen LogP contribution in [0.3, 0.4) is 0 Å². The first-order valence-electron chi connectivity index (χ1n) is 5.59. The van der Waals surface area contributed by atoms with E-state index in [2.05, 4.69) is 36.7 Å². The minimum Gasteiger partial charge on any atom is -0.491 e. The van der Waals surface area contributed by atoms with Crippen LogP contribution in [-0.4, -0.2) is 19.3 Å². The maximum absolute atomic E-state index is 5.62. The molecular weight excluding hydrogens is 268 g/mol. The van der Waals surface area contributed by atoms with Gasteiger partial charge in [-0.25, -0.2) is 0 Å². The van der Waals surface area contributed by atoms with Crippen molar-refractivity contribution >= 4 is 15.9 Å². The minimum atomic E-state index is 0.283. The third-order valence-electron chi connectivity index (χ3n) is 2.47. The highest BCUT2D eigenvalue weighted by molar-refractivity contribution is 9.10. The van der Waals surface area contributed by atoms with Crippen molar-refractivity contribution in [2.24, 2.45) is 5.92 Å². The first kappa shape index (κ1) is 13.5. The molecule has 0 bridgehead atoms. The summed E-state index contributed by atoms with van der Waals surface area (Å²) in [4.78, 5) is 0. The summed E-state index contributed by atoms with van der Waals surface area (Å²) in [6, 6.07) is 7.82. The Morgan fingerprint density at radius 3 is 2.56 bits per heavy atom. The van der Waals surface area contributed by atoms with Crippen molar-refractivity contribution in [3.8, 4) is 5.75 Å². The highest BCUT2D eigenvalue weighted by Gasteiger charge is 2.06. The van der Waals surface area contributed by atoms with Gasteiger partial charge in [-0.1, -0.05) is 35.8 Å². The first-order valence-corrected chi connectivity index (χ1v) is 6.39. The highest BCUT2D eigenvalue weighted by Crippen LogP contribution is 2.17. The lowest BCUT2D eigenvalue weighted by Gasteiger charge is -2.16.